The van der Waals surface area contributed by atoms with Crippen LogP contribution in [0.1, 0.15) is 18.9 Å². The molecule has 1 unspecified atom stereocenters. The van der Waals surface area contributed by atoms with Crippen LogP contribution in [0.25, 0.3) is 0 Å². The van der Waals surface area contributed by atoms with Gasteiger partial charge in [0.2, 0.25) is 0 Å². The van der Waals surface area contributed by atoms with Gasteiger partial charge < -0.3 is 10.0 Å². The first-order valence-corrected chi connectivity index (χ1v) is 6.07. The SMILES string of the molecule is Cc1c(N2CCC(C)(C(=O)O)C2)cccc1[N+](=O)[O-]. The van der Waals surface area contributed by atoms with Gasteiger partial charge in [-0.3, -0.25) is 14.9 Å². The molecule has 0 bridgehead atoms. The Balaban J connectivity index is 2.33. The molecule has 6 heteroatoms. The number of rotatable bonds is 3. The number of nitro benzene ring substituents is 1. The fraction of sp³-hybridized carbons (Fsp3) is 0.462. The minimum atomic E-state index is -0.821. The van der Waals surface area contributed by atoms with Crippen molar-refractivity contribution in [2.24, 2.45) is 5.41 Å². The number of carboxylic acid groups (broad SMARTS) is 1. The van der Waals surface area contributed by atoms with Gasteiger partial charge in [0.15, 0.2) is 0 Å². The topological polar surface area (TPSA) is 83.7 Å². The lowest BCUT2D eigenvalue weighted by Gasteiger charge is -2.23. The standard InChI is InChI=1S/C13H16N2O4/c1-9-10(4-3-5-11(9)15(18)19)14-7-6-13(2,8-14)12(16)17/h3-5H,6-8H2,1-2H3,(H,16,17). The molecular weight excluding hydrogens is 248 g/mol. The lowest BCUT2D eigenvalue weighted by atomic mass is 9.90. The van der Waals surface area contributed by atoms with Gasteiger partial charge in [-0.2, -0.15) is 0 Å². The van der Waals surface area contributed by atoms with Gasteiger partial charge in [-0.1, -0.05) is 6.07 Å². The van der Waals surface area contributed by atoms with Crippen LogP contribution in [-0.2, 0) is 4.79 Å². The molecule has 2 rings (SSSR count). The number of nitrogens with zero attached hydrogens (tertiary/aromatic N) is 2. The Labute approximate surface area is 110 Å². The van der Waals surface area contributed by atoms with E-state index in [2.05, 4.69) is 0 Å². The number of nitro groups is 1. The number of anilines is 1. The van der Waals surface area contributed by atoms with Crippen LogP contribution in [0.3, 0.4) is 0 Å². The second kappa shape index (κ2) is 4.53. The Morgan fingerprint density at radius 1 is 1.53 bits per heavy atom. The summed E-state index contributed by atoms with van der Waals surface area (Å²) < 4.78 is 0. The molecule has 1 heterocycles. The Morgan fingerprint density at radius 3 is 2.74 bits per heavy atom. The summed E-state index contributed by atoms with van der Waals surface area (Å²) in [5.41, 5.74) is 0.625. The average Bonchev–Trinajstić information content (AvgIpc) is 2.73. The van der Waals surface area contributed by atoms with Crippen molar-refractivity contribution < 1.29 is 14.8 Å². The summed E-state index contributed by atoms with van der Waals surface area (Å²) in [7, 11) is 0. The van der Waals surface area contributed by atoms with Crippen LogP contribution >= 0.6 is 0 Å². The average molecular weight is 264 g/mol. The fourth-order valence-electron chi connectivity index (χ4n) is 2.49. The van der Waals surface area contributed by atoms with E-state index < -0.39 is 16.3 Å². The molecule has 6 nitrogen and oxygen atoms in total. The van der Waals surface area contributed by atoms with Crippen molar-refractivity contribution in [1.29, 1.82) is 0 Å². The molecule has 1 aliphatic rings. The summed E-state index contributed by atoms with van der Waals surface area (Å²) in [6.07, 6.45) is 0.546. The van der Waals surface area contributed by atoms with Gasteiger partial charge >= 0.3 is 5.97 Å². The van der Waals surface area contributed by atoms with Crippen LogP contribution < -0.4 is 4.90 Å². The summed E-state index contributed by atoms with van der Waals surface area (Å²) in [6, 6.07) is 4.90. The zero-order valence-corrected chi connectivity index (χ0v) is 10.9. The predicted octanol–water partition coefficient (Wildman–Crippen LogP) is 2.20. The van der Waals surface area contributed by atoms with Crippen LogP contribution in [0.15, 0.2) is 18.2 Å². The molecular formula is C13H16N2O4. The summed E-state index contributed by atoms with van der Waals surface area (Å²) in [6.45, 7) is 4.39. The first-order valence-electron chi connectivity index (χ1n) is 6.07. The van der Waals surface area contributed by atoms with Gasteiger partial charge in [0.1, 0.15) is 0 Å². The molecule has 0 spiro atoms. The first kappa shape index (κ1) is 13.3. The molecule has 0 saturated carbocycles. The molecule has 0 amide bonds. The first-order chi connectivity index (χ1) is 8.85. The summed E-state index contributed by atoms with van der Waals surface area (Å²) >= 11 is 0. The summed E-state index contributed by atoms with van der Waals surface area (Å²) in [4.78, 5) is 23.6. The number of benzene rings is 1. The van der Waals surface area contributed by atoms with E-state index in [-0.39, 0.29) is 5.69 Å². The molecule has 1 aliphatic heterocycles. The Hall–Kier alpha value is -2.11. The van der Waals surface area contributed by atoms with Crippen molar-refractivity contribution in [3.8, 4) is 0 Å². The smallest absolute Gasteiger partial charge is 0.311 e. The number of hydrogen-bond acceptors (Lipinski definition) is 4. The predicted molar refractivity (Wildman–Crippen MR) is 70.4 cm³/mol. The number of carboxylic acids is 1. The lowest BCUT2D eigenvalue weighted by Crippen LogP contribution is -2.31. The molecule has 0 aromatic heterocycles. The van der Waals surface area contributed by atoms with Crippen molar-refractivity contribution in [2.45, 2.75) is 20.3 Å². The second-order valence-electron chi connectivity index (χ2n) is 5.22. The molecule has 0 radical (unpaired) electrons. The second-order valence-corrected chi connectivity index (χ2v) is 5.22. The van der Waals surface area contributed by atoms with Gasteiger partial charge in [-0.05, 0) is 26.3 Å². The van der Waals surface area contributed by atoms with Crippen molar-refractivity contribution in [3.63, 3.8) is 0 Å². The van der Waals surface area contributed by atoms with Crippen molar-refractivity contribution in [3.05, 3.63) is 33.9 Å². The van der Waals surface area contributed by atoms with Gasteiger partial charge in [0.05, 0.1) is 15.9 Å². The highest BCUT2D eigenvalue weighted by Gasteiger charge is 2.41. The number of hydrogen-bond donors (Lipinski definition) is 1. The highest BCUT2D eigenvalue weighted by Crippen LogP contribution is 2.36. The van der Waals surface area contributed by atoms with Gasteiger partial charge in [-0.25, -0.2) is 0 Å². The molecule has 1 aromatic rings. The molecule has 1 N–H and O–H groups in total. The maximum Gasteiger partial charge on any atom is 0.311 e. The van der Waals surface area contributed by atoms with Crippen molar-refractivity contribution >= 4 is 17.3 Å². The lowest BCUT2D eigenvalue weighted by molar-refractivity contribution is -0.385. The molecule has 1 atom stereocenters. The molecule has 1 aromatic carbocycles. The van der Waals surface area contributed by atoms with E-state index in [1.165, 1.54) is 6.07 Å². The van der Waals surface area contributed by atoms with E-state index in [1.807, 2.05) is 4.90 Å². The molecule has 19 heavy (non-hydrogen) atoms. The van der Waals surface area contributed by atoms with Gasteiger partial charge in [0, 0.05) is 24.8 Å². The molecule has 102 valence electrons. The Bertz CT molecular complexity index is 543. The van der Waals surface area contributed by atoms with Crippen LogP contribution in [-0.4, -0.2) is 29.1 Å². The third-order valence-electron chi connectivity index (χ3n) is 3.80. The monoisotopic (exact) mass is 264 g/mol. The number of carbonyl (C=O) groups is 1. The highest BCUT2D eigenvalue weighted by molar-refractivity contribution is 5.76. The largest absolute Gasteiger partial charge is 0.481 e. The van der Waals surface area contributed by atoms with E-state index in [9.17, 15) is 20.0 Å². The van der Waals surface area contributed by atoms with Crippen LogP contribution in [0.2, 0.25) is 0 Å². The third-order valence-corrected chi connectivity index (χ3v) is 3.80. The number of aliphatic carboxylic acids is 1. The van der Waals surface area contributed by atoms with E-state index in [0.717, 1.165) is 5.69 Å². The van der Waals surface area contributed by atoms with Crippen molar-refractivity contribution in [1.82, 2.24) is 0 Å². The fourth-order valence-corrected chi connectivity index (χ4v) is 2.49. The highest BCUT2D eigenvalue weighted by atomic mass is 16.6. The molecule has 1 fully saturated rings. The van der Waals surface area contributed by atoms with Crippen LogP contribution in [0, 0.1) is 22.5 Å². The normalized spacial score (nSPS) is 22.5. The molecule has 1 saturated heterocycles. The van der Waals surface area contributed by atoms with E-state index >= 15 is 0 Å². The maximum atomic E-state index is 11.2. The maximum absolute atomic E-state index is 11.2. The van der Waals surface area contributed by atoms with Crippen molar-refractivity contribution in [2.75, 3.05) is 18.0 Å². The summed E-state index contributed by atoms with van der Waals surface area (Å²) in [5, 5.41) is 20.1. The van der Waals surface area contributed by atoms with Crippen LogP contribution in [0.5, 0.6) is 0 Å². The Kier molecular flexibility index (Phi) is 3.18. The van der Waals surface area contributed by atoms with E-state index in [1.54, 1.807) is 26.0 Å². The van der Waals surface area contributed by atoms with E-state index in [4.69, 9.17) is 0 Å². The minimum Gasteiger partial charge on any atom is -0.481 e. The van der Waals surface area contributed by atoms with Crippen LogP contribution in [0.4, 0.5) is 11.4 Å². The van der Waals surface area contributed by atoms with Gasteiger partial charge in [0.25, 0.3) is 5.69 Å². The molecule has 0 aliphatic carbocycles. The minimum absolute atomic E-state index is 0.0708. The Morgan fingerprint density at radius 2 is 2.21 bits per heavy atom. The third kappa shape index (κ3) is 2.25. The van der Waals surface area contributed by atoms with E-state index in [0.29, 0.717) is 25.1 Å². The zero-order valence-electron chi connectivity index (χ0n) is 10.9. The van der Waals surface area contributed by atoms with Gasteiger partial charge in [-0.15, -0.1) is 0 Å². The zero-order chi connectivity index (χ0) is 14.2. The quantitative estimate of drug-likeness (QED) is 0.668. The summed E-state index contributed by atoms with van der Waals surface area (Å²) in [5.74, 6) is -0.821.